The van der Waals surface area contributed by atoms with Gasteiger partial charge in [-0.3, -0.25) is 4.79 Å². The normalized spacial score (nSPS) is 34.5. The molecule has 0 amide bonds. The van der Waals surface area contributed by atoms with E-state index in [-0.39, 0.29) is 0 Å². The van der Waals surface area contributed by atoms with E-state index in [0.717, 1.165) is 32.1 Å². The average Bonchev–Trinajstić information content (AvgIpc) is 2.17. The third-order valence-corrected chi connectivity index (χ3v) is 3.76. The lowest BCUT2D eigenvalue weighted by atomic mass is 9.64. The Morgan fingerprint density at radius 3 is 2.54 bits per heavy atom. The zero-order valence-electron chi connectivity index (χ0n) is 8.68. The summed E-state index contributed by atoms with van der Waals surface area (Å²) in [6.45, 7) is 4.13. The lowest BCUT2D eigenvalue weighted by Crippen LogP contribution is -2.40. The first-order valence-electron chi connectivity index (χ1n) is 5.40. The minimum absolute atomic E-state index is 0.396. The number of carboxylic acid groups (broad SMARTS) is 1. The van der Waals surface area contributed by atoms with E-state index in [9.17, 15) is 9.90 Å². The number of carboxylic acids is 1. The van der Waals surface area contributed by atoms with Crippen LogP contribution in [0.25, 0.3) is 0 Å². The van der Waals surface area contributed by atoms with E-state index < -0.39 is 11.4 Å². The molecule has 2 nitrogen and oxygen atoms in total. The smallest absolute Gasteiger partial charge is 0.309 e. The molecule has 0 aliphatic heterocycles. The Balaban J connectivity index is 2.84. The first kappa shape index (κ1) is 10.6. The zero-order chi connectivity index (χ0) is 9.90. The van der Waals surface area contributed by atoms with Crippen LogP contribution < -0.4 is 0 Å². The molecule has 1 rings (SSSR count). The van der Waals surface area contributed by atoms with Crippen LogP contribution in [-0.2, 0) is 4.79 Å². The molecule has 0 bridgehead atoms. The highest BCUT2D eigenvalue weighted by atomic mass is 16.4. The van der Waals surface area contributed by atoms with Crippen LogP contribution in [0.1, 0.15) is 52.4 Å². The second kappa shape index (κ2) is 4.12. The Kier molecular flexibility index (Phi) is 3.34. The topological polar surface area (TPSA) is 37.3 Å². The maximum Gasteiger partial charge on any atom is 0.309 e. The van der Waals surface area contributed by atoms with Crippen LogP contribution >= 0.6 is 0 Å². The molecule has 1 aliphatic rings. The molecule has 0 saturated heterocycles. The summed E-state index contributed by atoms with van der Waals surface area (Å²) < 4.78 is 0. The summed E-state index contributed by atoms with van der Waals surface area (Å²) in [5.74, 6) is -0.162. The second-order valence-electron chi connectivity index (χ2n) is 4.17. The quantitative estimate of drug-likeness (QED) is 0.732. The molecule has 1 N–H and O–H groups in total. The predicted octanol–water partition coefficient (Wildman–Crippen LogP) is 3.07. The van der Waals surface area contributed by atoms with Crippen molar-refractivity contribution in [3.8, 4) is 0 Å². The van der Waals surface area contributed by atoms with Gasteiger partial charge in [0.05, 0.1) is 5.41 Å². The molecule has 0 radical (unpaired) electrons. The van der Waals surface area contributed by atoms with Crippen LogP contribution in [0.4, 0.5) is 0 Å². The van der Waals surface area contributed by atoms with Gasteiger partial charge in [0.25, 0.3) is 0 Å². The largest absolute Gasteiger partial charge is 0.481 e. The Bertz CT molecular complexity index is 189. The molecule has 13 heavy (non-hydrogen) atoms. The van der Waals surface area contributed by atoms with E-state index >= 15 is 0 Å². The van der Waals surface area contributed by atoms with Gasteiger partial charge in [-0.1, -0.05) is 33.1 Å². The van der Waals surface area contributed by atoms with Gasteiger partial charge in [0.15, 0.2) is 0 Å². The van der Waals surface area contributed by atoms with Crippen LogP contribution in [0.2, 0.25) is 0 Å². The second-order valence-corrected chi connectivity index (χ2v) is 4.17. The monoisotopic (exact) mass is 184 g/mol. The molecule has 2 heteroatoms. The number of carbonyl (C=O) groups is 1. The Morgan fingerprint density at radius 1 is 1.46 bits per heavy atom. The van der Waals surface area contributed by atoms with Crippen LogP contribution in [-0.4, -0.2) is 11.1 Å². The van der Waals surface area contributed by atoms with E-state index in [0.29, 0.717) is 5.92 Å². The summed E-state index contributed by atoms with van der Waals surface area (Å²) in [5.41, 5.74) is -0.396. The maximum atomic E-state index is 11.3. The SMILES string of the molecule is CCC1CCCCC1(CC)C(=O)O. The summed E-state index contributed by atoms with van der Waals surface area (Å²) in [5, 5.41) is 9.29. The fourth-order valence-corrected chi connectivity index (χ4v) is 2.80. The van der Waals surface area contributed by atoms with Gasteiger partial charge in [-0.05, 0) is 25.2 Å². The molecule has 1 saturated carbocycles. The Morgan fingerprint density at radius 2 is 2.15 bits per heavy atom. The number of rotatable bonds is 3. The van der Waals surface area contributed by atoms with Gasteiger partial charge in [-0.25, -0.2) is 0 Å². The molecule has 0 aromatic carbocycles. The van der Waals surface area contributed by atoms with Crippen molar-refractivity contribution < 1.29 is 9.90 Å². The van der Waals surface area contributed by atoms with Crippen molar-refractivity contribution in [1.82, 2.24) is 0 Å². The zero-order valence-corrected chi connectivity index (χ0v) is 8.68. The highest BCUT2D eigenvalue weighted by Crippen LogP contribution is 2.45. The molecule has 0 aromatic rings. The molecule has 1 aliphatic carbocycles. The molecule has 0 aromatic heterocycles. The van der Waals surface area contributed by atoms with E-state index in [4.69, 9.17) is 0 Å². The van der Waals surface area contributed by atoms with E-state index in [1.54, 1.807) is 0 Å². The van der Waals surface area contributed by atoms with Gasteiger partial charge in [0.1, 0.15) is 0 Å². The van der Waals surface area contributed by atoms with Gasteiger partial charge in [0, 0.05) is 0 Å². The Labute approximate surface area is 80.3 Å². The summed E-state index contributed by atoms with van der Waals surface area (Å²) in [6.07, 6.45) is 6.11. The summed E-state index contributed by atoms with van der Waals surface area (Å²) in [6, 6.07) is 0. The van der Waals surface area contributed by atoms with Gasteiger partial charge < -0.3 is 5.11 Å². The molecular formula is C11H20O2. The van der Waals surface area contributed by atoms with Crippen LogP contribution in [0, 0.1) is 11.3 Å². The van der Waals surface area contributed by atoms with E-state index in [1.807, 2.05) is 6.92 Å². The molecule has 76 valence electrons. The average molecular weight is 184 g/mol. The van der Waals surface area contributed by atoms with Crippen molar-refractivity contribution >= 4 is 5.97 Å². The number of aliphatic carboxylic acids is 1. The predicted molar refractivity (Wildman–Crippen MR) is 52.6 cm³/mol. The van der Waals surface area contributed by atoms with E-state index in [2.05, 4.69) is 6.92 Å². The van der Waals surface area contributed by atoms with Gasteiger partial charge >= 0.3 is 5.97 Å². The maximum absolute atomic E-state index is 11.3. The molecular weight excluding hydrogens is 164 g/mol. The molecule has 0 heterocycles. The molecule has 1 fully saturated rings. The third-order valence-electron chi connectivity index (χ3n) is 3.76. The highest BCUT2D eigenvalue weighted by molar-refractivity contribution is 5.75. The van der Waals surface area contributed by atoms with Gasteiger partial charge in [0.2, 0.25) is 0 Å². The standard InChI is InChI=1S/C11H20O2/c1-3-9-7-5-6-8-11(9,4-2)10(12)13/h9H,3-8H2,1-2H3,(H,12,13). The summed E-state index contributed by atoms with van der Waals surface area (Å²) in [4.78, 5) is 11.3. The van der Waals surface area contributed by atoms with E-state index in [1.165, 1.54) is 6.42 Å². The molecule has 2 atom stereocenters. The first-order chi connectivity index (χ1) is 6.17. The van der Waals surface area contributed by atoms with Crippen LogP contribution in [0.3, 0.4) is 0 Å². The fraction of sp³-hybridized carbons (Fsp3) is 0.909. The number of hydrogen-bond donors (Lipinski definition) is 1. The van der Waals surface area contributed by atoms with Crippen molar-refractivity contribution in [2.45, 2.75) is 52.4 Å². The fourth-order valence-electron chi connectivity index (χ4n) is 2.80. The minimum Gasteiger partial charge on any atom is -0.481 e. The van der Waals surface area contributed by atoms with Crippen LogP contribution in [0.15, 0.2) is 0 Å². The van der Waals surface area contributed by atoms with Gasteiger partial charge in [-0.15, -0.1) is 0 Å². The van der Waals surface area contributed by atoms with Crippen molar-refractivity contribution in [1.29, 1.82) is 0 Å². The van der Waals surface area contributed by atoms with Gasteiger partial charge in [-0.2, -0.15) is 0 Å². The minimum atomic E-state index is -0.568. The first-order valence-corrected chi connectivity index (χ1v) is 5.40. The number of hydrogen-bond acceptors (Lipinski definition) is 1. The van der Waals surface area contributed by atoms with Crippen LogP contribution in [0.5, 0.6) is 0 Å². The lowest BCUT2D eigenvalue weighted by Gasteiger charge is -2.39. The summed E-state index contributed by atoms with van der Waals surface area (Å²) in [7, 11) is 0. The van der Waals surface area contributed by atoms with Crippen molar-refractivity contribution in [2.24, 2.45) is 11.3 Å². The van der Waals surface area contributed by atoms with Crippen molar-refractivity contribution in [3.63, 3.8) is 0 Å². The Hall–Kier alpha value is -0.530. The lowest BCUT2D eigenvalue weighted by molar-refractivity contribution is -0.155. The molecule has 2 unspecified atom stereocenters. The van der Waals surface area contributed by atoms with Crippen molar-refractivity contribution in [2.75, 3.05) is 0 Å². The summed E-state index contributed by atoms with van der Waals surface area (Å²) >= 11 is 0. The van der Waals surface area contributed by atoms with Crippen molar-refractivity contribution in [3.05, 3.63) is 0 Å². The highest BCUT2D eigenvalue weighted by Gasteiger charge is 2.44. The third kappa shape index (κ3) is 1.72. The molecule has 0 spiro atoms.